The summed E-state index contributed by atoms with van der Waals surface area (Å²) in [6.07, 6.45) is 2.09. The van der Waals surface area contributed by atoms with Gasteiger partial charge in [0.15, 0.2) is 6.04 Å². The maximum Gasteiger partial charge on any atom is 0.215 e. The Morgan fingerprint density at radius 2 is 2.00 bits per heavy atom. The monoisotopic (exact) mass is 368 g/mol. The number of nitrogens with zero attached hydrogens (tertiary/aromatic N) is 4. The molecule has 0 saturated carbocycles. The highest BCUT2D eigenvalue weighted by molar-refractivity contribution is 7.10. The van der Waals surface area contributed by atoms with Crippen molar-refractivity contribution < 1.29 is 4.90 Å². The summed E-state index contributed by atoms with van der Waals surface area (Å²) in [5.74, 6) is 0.980. The molecule has 0 aliphatic carbocycles. The highest BCUT2D eigenvalue weighted by Crippen LogP contribution is 2.27. The second kappa shape index (κ2) is 6.93. The van der Waals surface area contributed by atoms with Crippen LogP contribution in [-0.2, 0) is 18.5 Å². The third kappa shape index (κ3) is 3.08. The van der Waals surface area contributed by atoms with Crippen molar-refractivity contribution >= 4 is 11.3 Å². The molecular formula is C20H26N5S+. The molecule has 2 atom stereocenters. The molecule has 5 nitrogen and oxygen atoms in total. The van der Waals surface area contributed by atoms with Crippen LogP contribution in [0.2, 0.25) is 0 Å². The van der Waals surface area contributed by atoms with Crippen molar-refractivity contribution in [1.29, 1.82) is 0 Å². The van der Waals surface area contributed by atoms with E-state index in [1.54, 1.807) is 11.3 Å². The fourth-order valence-electron chi connectivity index (χ4n) is 3.77. The maximum atomic E-state index is 4.51. The van der Waals surface area contributed by atoms with Gasteiger partial charge < -0.3 is 4.90 Å². The third-order valence-electron chi connectivity index (χ3n) is 5.68. The lowest BCUT2D eigenvalue weighted by molar-refractivity contribution is -0.941. The Labute approximate surface area is 158 Å². The molecule has 0 fully saturated rings. The lowest BCUT2D eigenvalue weighted by Gasteiger charge is -2.33. The van der Waals surface area contributed by atoms with Gasteiger partial charge >= 0.3 is 0 Å². The summed E-state index contributed by atoms with van der Waals surface area (Å²) < 4.78 is 2.05. The van der Waals surface area contributed by atoms with Gasteiger partial charge in [-0.05, 0) is 47.7 Å². The van der Waals surface area contributed by atoms with Crippen LogP contribution in [0.4, 0.5) is 0 Å². The van der Waals surface area contributed by atoms with Crippen molar-refractivity contribution in [3.05, 3.63) is 63.6 Å². The summed E-state index contributed by atoms with van der Waals surface area (Å²) in [5.41, 5.74) is 2.83. The second-order valence-corrected chi connectivity index (χ2v) is 8.65. The van der Waals surface area contributed by atoms with Gasteiger partial charge in [0.2, 0.25) is 5.82 Å². The molecule has 0 spiro atoms. The van der Waals surface area contributed by atoms with Gasteiger partial charge in [0.1, 0.15) is 6.54 Å². The Hall–Kier alpha value is -2.05. The van der Waals surface area contributed by atoms with Gasteiger partial charge in [-0.25, -0.2) is 4.68 Å². The van der Waals surface area contributed by atoms with Crippen molar-refractivity contribution in [3.8, 4) is 0 Å². The SMILES string of the molecule is CCC(C)(C)n1nnnc1[C@@H](c1cccs1)[NH+]1CCc2ccccc2C1. The quantitative estimate of drug-likeness (QED) is 0.753. The summed E-state index contributed by atoms with van der Waals surface area (Å²) in [6, 6.07) is 13.3. The maximum absolute atomic E-state index is 4.51. The van der Waals surface area contributed by atoms with Crippen molar-refractivity contribution in [2.24, 2.45) is 0 Å². The van der Waals surface area contributed by atoms with Crippen LogP contribution in [0.3, 0.4) is 0 Å². The average molecular weight is 369 g/mol. The van der Waals surface area contributed by atoms with E-state index < -0.39 is 0 Å². The van der Waals surface area contributed by atoms with Crippen LogP contribution in [-0.4, -0.2) is 26.8 Å². The predicted octanol–water partition coefficient (Wildman–Crippen LogP) is 2.61. The topological polar surface area (TPSA) is 48.0 Å². The lowest BCUT2D eigenvalue weighted by atomic mass is 9.97. The van der Waals surface area contributed by atoms with Crippen molar-refractivity contribution in [3.63, 3.8) is 0 Å². The Morgan fingerprint density at radius 3 is 2.73 bits per heavy atom. The minimum Gasteiger partial charge on any atom is -0.318 e. The number of tetrazole rings is 1. The number of quaternary nitrogens is 1. The molecule has 3 heterocycles. The standard InChI is InChI=1S/C20H25N5S/c1-4-20(2,3)25-19(21-22-23-25)18(17-10-7-13-26-17)24-12-11-15-8-5-6-9-16(15)14-24/h5-10,13,18H,4,11-12,14H2,1-3H3/p+1/t18-/m1/s1. The van der Waals surface area contributed by atoms with Crippen LogP contribution >= 0.6 is 11.3 Å². The summed E-state index contributed by atoms with van der Waals surface area (Å²) >= 11 is 1.80. The zero-order valence-electron chi connectivity index (χ0n) is 15.6. The molecule has 0 radical (unpaired) electrons. The molecule has 0 saturated heterocycles. The van der Waals surface area contributed by atoms with Crippen LogP contribution < -0.4 is 4.90 Å². The Morgan fingerprint density at radius 1 is 1.19 bits per heavy atom. The number of rotatable bonds is 5. The van der Waals surface area contributed by atoms with Crippen LogP contribution in [0.5, 0.6) is 0 Å². The molecule has 0 bridgehead atoms. The molecular weight excluding hydrogens is 342 g/mol. The average Bonchev–Trinajstić information content (AvgIpc) is 3.35. The Kier molecular flexibility index (Phi) is 4.63. The van der Waals surface area contributed by atoms with Crippen LogP contribution in [0.15, 0.2) is 41.8 Å². The molecule has 1 N–H and O–H groups in total. The van der Waals surface area contributed by atoms with Gasteiger partial charge in [0.05, 0.1) is 17.0 Å². The zero-order valence-corrected chi connectivity index (χ0v) is 16.5. The number of thiophene rings is 1. The number of hydrogen-bond donors (Lipinski definition) is 1. The summed E-state index contributed by atoms with van der Waals surface area (Å²) in [5, 5.41) is 15.1. The zero-order chi connectivity index (χ0) is 18.1. The Balaban J connectivity index is 1.76. The van der Waals surface area contributed by atoms with E-state index in [0.717, 1.165) is 31.8 Å². The van der Waals surface area contributed by atoms with Gasteiger partial charge in [-0.2, -0.15) is 0 Å². The summed E-state index contributed by atoms with van der Waals surface area (Å²) in [6.45, 7) is 8.71. The van der Waals surface area contributed by atoms with Crippen molar-refractivity contribution in [1.82, 2.24) is 20.2 Å². The number of aromatic nitrogens is 4. The van der Waals surface area contributed by atoms with E-state index in [4.69, 9.17) is 0 Å². The first-order valence-electron chi connectivity index (χ1n) is 9.33. The van der Waals surface area contributed by atoms with Gasteiger partial charge in [-0.1, -0.05) is 37.3 Å². The van der Waals surface area contributed by atoms with E-state index in [9.17, 15) is 0 Å². The normalized spacial score (nSPS) is 18.5. The Bertz CT molecular complexity index is 868. The molecule has 0 amide bonds. The molecule has 1 unspecified atom stereocenters. The highest BCUT2D eigenvalue weighted by Gasteiger charge is 2.37. The van der Waals surface area contributed by atoms with Gasteiger partial charge in [0, 0.05) is 12.0 Å². The fourth-order valence-corrected chi connectivity index (χ4v) is 4.65. The largest absolute Gasteiger partial charge is 0.318 e. The van der Waals surface area contributed by atoms with E-state index in [-0.39, 0.29) is 11.6 Å². The van der Waals surface area contributed by atoms with Gasteiger partial charge in [0.25, 0.3) is 0 Å². The van der Waals surface area contributed by atoms with Crippen LogP contribution in [0, 0.1) is 0 Å². The summed E-state index contributed by atoms with van der Waals surface area (Å²) in [4.78, 5) is 2.86. The molecule has 26 heavy (non-hydrogen) atoms. The van der Waals surface area contributed by atoms with Gasteiger partial charge in [-0.3, -0.25) is 0 Å². The van der Waals surface area contributed by atoms with Gasteiger partial charge in [-0.15, -0.1) is 16.4 Å². The minimum absolute atomic E-state index is 0.0958. The molecule has 6 heteroatoms. The van der Waals surface area contributed by atoms with E-state index in [1.807, 2.05) is 4.68 Å². The molecule has 3 aromatic rings. The smallest absolute Gasteiger partial charge is 0.215 e. The first-order chi connectivity index (χ1) is 12.6. The van der Waals surface area contributed by atoms with E-state index in [1.165, 1.54) is 20.9 Å². The molecule has 4 rings (SSSR count). The first kappa shape index (κ1) is 17.4. The van der Waals surface area contributed by atoms with Crippen LogP contribution in [0.25, 0.3) is 0 Å². The van der Waals surface area contributed by atoms with E-state index in [0.29, 0.717) is 0 Å². The van der Waals surface area contributed by atoms with E-state index in [2.05, 4.69) is 78.1 Å². The van der Waals surface area contributed by atoms with Crippen molar-refractivity contribution in [2.75, 3.05) is 6.54 Å². The molecule has 1 aliphatic rings. The fraction of sp³-hybridized carbons (Fsp3) is 0.450. The predicted molar refractivity (Wildman–Crippen MR) is 103 cm³/mol. The number of fused-ring (bicyclic) bond motifs is 1. The molecule has 136 valence electrons. The number of nitrogens with one attached hydrogen (secondary N) is 1. The highest BCUT2D eigenvalue weighted by atomic mass is 32.1. The number of benzene rings is 1. The summed E-state index contributed by atoms with van der Waals surface area (Å²) in [7, 11) is 0. The number of hydrogen-bond acceptors (Lipinski definition) is 4. The molecule has 2 aromatic heterocycles. The molecule has 1 aliphatic heterocycles. The minimum atomic E-state index is -0.0958. The van der Waals surface area contributed by atoms with Crippen LogP contribution in [0.1, 0.15) is 55.1 Å². The molecule has 1 aromatic carbocycles. The first-order valence-corrected chi connectivity index (χ1v) is 10.2. The van der Waals surface area contributed by atoms with E-state index >= 15 is 0 Å². The second-order valence-electron chi connectivity index (χ2n) is 7.67. The third-order valence-corrected chi connectivity index (χ3v) is 6.61. The lowest BCUT2D eigenvalue weighted by Crippen LogP contribution is -3.12. The van der Waals surface area contributed by atoms with Crippen molar-refractivity contribution in [2.45, 2.75) is 51.7 Å².